The summed E-state index contributed by atoms with van der Waals surface area (Å²) in [5.41, 5.74) is -0.196. The zero-order valence-corrected chi connectivity index (χ0v) is 7.38. The van der Waals surface area contributed by atoms with Crippen LogP contribution in [-0.2, 0) is 0 Å². The molecule has 0 amide bonds. The number of ether oxygens (including phenoxy) is 1. The van der Waals surface area contributed by atoms with E-state index in [2.05, 4.69) is 0 Å². The van der Waals surface area contributed by atoms with Gasteiger partial charge in [-0.15, -0.1) is 0 Å². The molecule has 78 valence electrons. The van der Waals surface area contributed by atoms with Gasteiger partial charge in [-0.05, 0) is 17.7 Å². The zero-order valence-electron chi connectivity index (χ0n) is 7.38. The summed E-state index contributed by atoms with van der Waals surface area (Å²) in [6, 6.07) is 5.09. The maximum atomic E-state index is 12.0. The fraction of sp³-hybridized carbons (Fsp3) is 0.333. The van der Waals surface area contributed by atoms with Gasteiger partial charge in [-0.25, -0.2) is 0 Å². The average molecular weight is 206 g/mol. The lowest BCUT2D eigenvalue weighted by Crippen LogP contribution is -2.19. The van der Waals surface area contributed by atoms with Crippen molar-refractivity contribution in [2.75, 3.05) is 7.11 Å². The van der Waals surface area contributed by atoms with E-state index >= 15 is 0 Å². The molecule has 0 aliphatic rings. The van der Waals surface area contributed by atoms with Gasteiger partial charge in [0.05, 0.1) is 7.11 Å². The number of halogens is 3. The molecule has 0 aromatic heterocycles. The number of benzene rings is 1. The van der Waals surface area contributed by atoms with Crippen molar-refractivity contribution in [3.05, 3.63) is 29.8 Å². The Morgan fingerprint density at radius 2 is 1.71 bits per heavy atom. The van der Waals surface area contributed by atoms with Crippen LogP contribution in [0.4, 0.5) is 13.2 Å². The first-order valence-electron chi connectivity index (χ1n) is 3.84. The number of hydrogen-bond donors (Lipinski definition) is 1. The van der Waals surface area contributed by atoms with Crippen LogP contribution in [0.2, 0.25) is 0 Å². The van der Waals surface area contributed by atoms with E-state index in [0.717, 1.165) is 0 Å². The van der Waals surface area contributed by atoms with E-state index < -0.39 is 12.3 Å². The highest BCUT2D eigenvalue weighted by molar-refractivity contribution is 5.28. The highest BCUT2D eigenvalue weighted by atomic mass is 19.4. The summed E-state index contributed by atoms with van der Waals surface area (Å²) in [7, 11) is 1.41. The number of aliphatic hydroxyl groups is 1. The zero-order chi connectivity index (χ0) is 10.8. The summed E-state index contributed by atoms with van der Waals surface area (Å²) in [6.07, 6.45) is -7.07. The van der Waals surface area contributed by atoms with Crippen LogP contribution in [0.1, 0.15) is 11.7 Å². The highest BCUT2D eigenvalue weighted by Gasteiger charge is 2.39. The molecule has 1 aromatic carbocycles. The molecule has 14 heavy (non-hydrogen) atoms. The van der Waals surface area contributed by atoms with Crippen LogP contribution in [0.5, 0.6) is 5.75 Å². The SMILES string of the molecule is COc1ccc(C(O)C(F)(F)F)cc1. The van der Waals surface area contributed by atoms with E-state index in [-0.39, 0.29) is 5.56 Å². The number of hydrogen-bond acceptors (Lipinski definition) is 2. The minimum absolute atomic E-state index is 0.196. The van der Waals surface area contributed by atoms with E-state index in [4.69, 9.17) is 9.84 Å². The van der Waals surface area contributed by atoms with Gasteiger partial charge in [-0.3, -0.25) is 0 Å². The second-order valence-corrected chi connectivity index (χ2v) is 2.72. The van der Waals surface area contributed by atoms with Crippen molar-refractivity contribution in [1.82, 2.24) is 0 Å². The van der Waals surface area contributed by atoms with E-state index in [0.29, 0.717) is 5.75 Å². The van der Waals surface area contributed by atoms with Crippen molar-refractivity contribution in [3.63, 3.8) is 0 Å². The minimum Gasteiger partial charge on any atom is -0.497 e. The number of methoxy groups -OCH3 is 1. The number of aliphatic hydroxyl groups excluding tert-OH is 1. The van der Waals surface area contributed by atoms with Crippen molar-refractivity contribution >= 4 is 0 Å². The molecule has 0 heterocycles. The van der Waals surface area contributed by atoms with Crippen LogP contribution < -0.4 is 4.74 Å². The normalized spacial score (nSPS) is 13.8. The summed E-state index contributed by atoms with van der Waals surface area (Å²) < 4.78 is 40.9. The van der Waals surface area contributed by atoms with Crippen molar-refractivity contribution in [2.24, 2.45) is 0 Å². The van der Waals surface area contributed by atoms with Gasteiger partial charge in [0.2, 0.25) is 0 Å². The Morgan fingerprint density at radius 1 is 1.21 bits per heavy atom. The molecule has 1 N–H and O–H groups in total. The molecule has 0 fully saturated rings. The summed E-state index contributed by atoms with van der Waals surface area (Å²) in [5, 5.41) is 8.85. The third-order valence-electron chi connectivity index (χ3n) is 1.74. The molecular formula is C9H9F3O2. The smallest absolute Gasteiger partial charge is 0.418 e. The summed E-state index contributed by atoms with van der Waals surface area (Å²) in [4.78, 5) is 0. The maximum Gasteiger partial charge on any atom is 0.418 e. The van der Waals surface area contributed by atoms with Gasteiger partial charge in [0, 0.05) is 0 Å². The van der Waals surface area contributed by atoms with Gasteiger partial charge in [-0.1, -0.05) is 12.1 Å². The van der Waals surface area contributed by atoms with Gasteiger partial charge < -0.3 is 9.84 Å². The van der Waals surface area contributed by atoms with Crippen LogP contribution in [0.25, 0.3) is 0 Å². The van der Waals surface area contributed by atoms with E-state index in [1.165, 1.54) is 31.4 Å². The lowest BCUT2D eigenvalue weighted by molar-refractivity contribution is -0.206. The second kappa shape index (κ2) is 3.88. The molecule has 1 aromatic rings. The molecule has 1 unspecified atom stereocenters. The molecule has 0 bridgehead atoms. The predicted octanol–water partition coefficient (Wildman–Crippen LogP) is 2.29. The summed E-state index contributed by atoms with van der Waals surface area (Å²) in [6.45, 7) is 0. The van der Waals surface area contributed by atoms with Crippen molar-refractivity contribution < 1.29 is 23.0 Å². The van der Waals surface area contributed by atoms with Gasteiger partial charge in [0.25, 0.3) is 0 Å². The lowest BCUT2D eigenvalue weighted by Gasteiger charge is -2.14. The van der Waals surface area contributed by atoms with Crippen molar-refractivity contribution in [2.45, 2.75) is 12.3 Å². The Bertz CT molecular complexity index is 292. The van der Waals surface area contributed by atoms with Crippen LogP contribution in [0.15, 0.2) is 24.3 Å². The fourth-order valence-electron chi connectivity index (χ4n) is 0.975. The van der Waals surface area contributed by atoms with Crippen LogP contribution in [-0.4, -0.2) is 18.4 Å². The monoisotopic (exact) mass is 206 g/mol. The number of alkyl halides is 3. The molecule has 0 saturated carbocycles. The third-order valence-corrected chi connectivity index (χ3v) is 1.74. The van der Waals surface area contributed by atoms with E-state index in [1.54, 1.807) is 0 Å². The quantitative estimate of drug-likeness (QED) is 0.804. The van der Waals surface area contributed by atoms with Gasteiger partial charge in [0.1, 0.15) is 5.75 Å². The molecule has 0 aliphatic carbocycles. The molecular weight excluding hydrogens is 197 g/mol. The standard InChI is InChI=1S/C9H9F3O2/c1-14-7-4-2-6(3-5-7)8(13)9(10,11)12/h2-5,8,13H,1H3. The Hall–Kier alpha value is -1.23. The Morgan fingerprint density at radius 3 is 2.07 bits per heavy atom. The highest BCUT2D eigenvalue weighted by Crippen LogP contribution is 2.32. The topological polar surface area (TPSA) is 29.5 Å². The Balaban J connectivity index is 2.87. The molecule has 5 heteroatoms. The third kappa shape index (κ3) is 2.38. The Kier molecular flexibility index (Phi) is 3.00. The van der Waals surface area contributed by atoms with Crippen LogP contribution >= 0.6 is 0 Å². The summed E-state index contributed by atoms with van der Waals surface area (Å²) >= 11 is 0. The molecule has 2 nitrogen and oxygen atoms in total. The predicted molar refractivity (Wildman–Crippen MR) is 44.0 cm³/mol. The van der Waals surface area contributed by atoms with E-state index in [1.807, 2.05) is 0 Å². The summed E-state index contributed by atoms with van der Waals surface area (Å²) in [5.74, 6) is 0.447. The molecule has 0 aliphatic heterocycles. The second-order valence-electron chi connectivity index (χ2n) is 2.72. The van der Waals surface area contributed by atoms with Gasteiger partial charge in [-0.2, -0.15) is 13.2 Å². The molecule has 0 spiro atoms. The molecule has 1 atom stereocenters. The number of rotatable bonds is 2. The first-order valence-corrected chi connectivity index (χ1v) is 3.84. The molecule has 0 radical (unpaired) electrons. The Labute approximate surface area is 78.9 Å². The van der Waals surface area contributed by atoms with Gasteiger partial charge in [0.15, 0.2) is 6.10 Å². The maximum absolute atomic E-state index is 12.0. The van der Waals surface area contributed by atoms with Gasteiger partial charge >= 0.3 is 6.18 Å². The molecule has 1 rings (SSSR count). The van der Waals surface area contributed by atoms with Crippen LogP contribution in [0, 0.1) is 0 Å². The largest absolute Gasteiger partial charge is 0.497 e. The van der Waals surface area contributed by atoms with Crippen LogP contribution in [0.3, 0.4) is 0 Å². The van der Waals surface area contributed by atoms with Crippen molar-refractivity contribution in [3.8, 4) is 5.75 Å². The average Bonchev–Trinajstić information content (AvgIpc) is 2.15. The lowest BCUT2D eigenvalue weighted by atomic mass is 10.1. The van der Waals surface area contributed by atoms with Crippen molar-refractivity contribution in [1.29, 1.82) is 0 Å². The molecule has 0 saturated heterocycles. The first-order chi connectivity index (χ1) is 6.45. The van der Waals surface area contributed by atoms with E-state index in [9.17, 15) is 13.2 Å². The minimum atomic E-state index is -4.63. The first kappa shape index (κ1) is 10.8. The fourth-order valence-corrected chi connectivity index (χ4v) is 0.975.